The van der Waals surface area contributed by atoms with Crippen molar-refractivity contribution in [2.75, 3.05) is 0 Å². The van der Waals surface area contributed by atoms with Gasteiger partial charge in [0.1, 0.15) is 5.69 Å². The molecule has 0 atom stereocenters. The van der Waals surface area contributed by atoms with E-state index < -0.39 is 5.97 Å². The molecule has 0 aliphatic heterocycles. The Morgan fingerprint density at radius 1 is 1.04 bits per heavy atom. The molecular formula is C19H23N3O2. The molecule has 0 aromatic heterocycles. The van der Waals surface area contributed by atoms with Crippen molar-refractivity contribution in [1.29, 1.82) is 0 Å². The Bertz CT molecular complexity index is 740. The number of nitrogens with zero attached hydrogens (tertiary/aromatic N) is 1. The lowest BCUT2D eigenvalue weighted by Gasteiger charge is -2.18. The molecule has 0 aliphatic rings. The first-order chi connectivity index (χ1) is 11.2. The van der Waals surface area contributed by atoms with E-state index in [0.29, 0.717) is 17.0 Å². The third kappa shape index (κ3) is 5.12. The maximum atomic E-state index is 12.3. The molecule has 24 heavy (non-hydrogen) atoms. The Kier molecular flexibility index (Phi) is 5.24. The van der Waals surface area contributed by atoms with Crippen molar-refractivity contribution >= 4 is 17.6 Å². The van der Waals surface area contributed by atoms with E-state index in [4.69, 9.17) is 16.2 Å². The highest BCUT2D eigenvalue weighted by Gasteiger charge is 2.14. The number of carbonyl (C=O) groups excluding carboxylic acids is 1. The summed E-state index contributed by atoms with van der Waals surface area (Å²) in [5, 5.41) is 0. The summed E-state index contributed by atoms with van der Waals surface area (Å²) in [5.74, 6) is -0.227. The van der Waals surface area contributed by atoms with Gasteiger partial charge in [-0.3, -0.25) is 0 Å². The summed E-state index contributed by atoms with van der Waals surface area (Å²) in [7, 11) is 0. The number of hydrogen-bond donors (Lipinski definition) is 2. The Labute approximate surface area is 142 Å². The van der Waals surface area contributed by atoms with Gasteiger partial charge in [-0.05, 0) is 41.7 Å². The van der Waals surface area contributed by atoms with E-state index in [1.165, 1.54) is 5.56 Å². The number of esters is 1. The topological polar surface area (TPSA) is 90.7 Å². The molecule has 4 N–H and O–H groups in total. The van der Waals surface area contributed by atoms with E-state index >= 15 is 0 Å². The van der Waals surface area contributed by atoms with E-state index in [9.17, 15) is 4.79 Å². The van der Waals surface area contributed by atoms with Crippen molar-refractivity contribution in [1.82, 2.24) is 0 Å². The van der Waals surface area contributed by atoms with Gasteiger partial charge in [-0.2, -0.15) is 0 Å². The van der Waals surface area contributed by atoms with E-state index in [1.54, 1.807) is 36.4 Å². The van der Waals surface area contributed by atoms with Crippen molar-refractivity contribution in [2.45, 2.75) is 27.2 Å². The molecule has 0 fully saturated rings. The van der Waals surface area contributed by atoms with Gasteiger partial charge in [0, 0.05) is 0 Å². The number of ether oxygens (including phenoxy) is 1. The van der Waals surface area contributed by atoms with Gasteiger partial charge in [-0.15, -0.1) is 0 Å². The van der Waals surface area contributed by atoms with Crippen LogP contribution in [0.4, 0.5) is 5.69 Å². The zero-order chi connectivity index (χ0) is 17.7. The average molecular weight is 325 g/mol. The van der Waals surface area contributed by atoms with Gasteiger partial charge >= 0.3 is 5.97 Å². The molecule has 5 heteroatoms. The summed E-state index contributed by atoms with van der Waals surface area (Å²) >= 11 is 0. The smallest absolute Gasteiger partial charge is 0.343 e. The van der Waals surface area contributed by atoms with Gasteiger partial charge < -0.3 is 16.2 Å². The molecule has 0 amide bonds. The summed E-state index contributed by atoms with van der Waals surface area (Å²) in [6, 6.07) is 14.3. The minimum absolute atomic E-state index is 0.0926. The lowest BCUT2D eigenvalue weighted by Crippen LogP contribution is -2.22. The predicted octanol–water partition coefficient (Wildman–Crippen LogP) is 3.40. The first kappa shape index (κ1) is 17.5. The average Bonchev–Trinajstić information content (AvgIpc) is 2.48. The zero-order valence-electron chi connectivity index (χ0n) is 14.2. The van der Waals surface area contributed by atoms with E-state index in [1.807, 2.05) is 12.1 Å². The van der Waals surface area contributed by atoms with Crippen molar-refractivity contribution in [3.8, 4) is 5.75 Å². The van der Waals surface area contributed by atoms with E-state index in [0.717, 1.165) is 6.42 Å². The van der Waals surface area contributed by atoms with Crippen LogP contribution in [0.3, 0.4) is 0 Å². The van der Waals surface area contributed by atoms with Crippen LogP contribution in [0.15, 0.2) is 53.5 Å². The van der Waals surface area contributed by atoms with Crippen LogP contribution in [-0.2, 0) is 6.42 Å². The largest absolute Gasteiger partial charge is 0.421 e. The number of carbonyl (C=O) groups is 1. The van der Waals surface area contributed by atoms with Crippen molar-refractivity contribution < 1.29 is 9.53 Å². The molecule has 2 rings (SSSR count). The van der Waals surface area contributed by atoms with Crippen molar-refractivity contribution in [3.05, 3.63) is 59.7 Å². The molecule has 0 unspecified atom stereocenters. The molecule has 2 aromatic rings. The summed E-state index contributed by atoms with van der Waals surface area (Å²) in [6.45, 7) is 6.53. The lowest BCUT2D eigenvalue weighted by atomic mass is 9.88. The molecule has 0 aliphatic carbocycles. The minimum atomic E-state index is -0.449. The highest BCUT2D eigenvalue weighted by atomic mass is 16.5. The van der Waals surface area contributed by atoms with Gasteiger partial charge in [0.05, 0.1) is 5.56 Å². The van der Waals surface area contributed by atoms with Crippen molar-refractivity contribution in [2.24, 2.45) is 21.9 Å². The molecule has 0 radical (unpaired) electrons. The van der Waals surface area contributed by atoms with Crippen LogP contribution >= 0.6 is 0 Å². The van der Waals surface area contributed by atoms with E-state index in [2.05, 4.69) is 25.8 Å². The molecule has 126 valence electrons. The van der Waals surface area contributed by atoms with Crippen molar-refractivity contribution in [3.63, 3.8) is 0 Å². The minimum Gasteiger partial charge on any atom is -0.421 e. The Balaban J connectivity index is 2.15. The molecule has 0 saturated heterocycles. The second-order valence-electron chi connectivity index (χ2n) is 6.83. The van der Waals surface area contributed by atoms with E-state index in [-0.39, 0.29) is 11.4 Å². The molecule has 0 bridgehead atoms. The Morgan fingerprint density at radius 3 is 2.25 bits per heavy atom. The number of nitrogens with two attached hydrogens (primary N) is 2. The fraction of sp³-hybridized carbons (Fsp3) is 0.263. The molecule has 0 saturated carbocycles. The van der Waals surface area contributed by atoms with Gasteiger partial charge in [-0.25, -0.2) is 9.79 Å². The second-order valence-corrected chi connectivity index (χ2v) is 6.83. The standard InChI is InChI=1S/C19H23N3O2/c1-19(2,3)12-13-8-10-14(11-9-13)17(23)24-16-7-5-4-6-15(16)22-18(20)21/h4-11H,12H2,1-3H3,(H4,20,21,22). The summed E-state index contributed by atoms with van der Waals surface area (Å²) < 4.78 is 5.42. The molecule has 2 aromatic carbocycles. The highest BCUT2D eigenvalue weighted by Crippen LogP contribution is 2.27. The quantitative estimate of drug-likeness (QED) is 0.390. The van der Waals surface area contributed by atoms with Crippen LogP contribution in [-0.4, -0.2) is 11.9 Å². The summed E-state index contributed by atoms with van der Waals surface area (Å²) in [5.41, 5.74) is 13.0. The molecular weight excluding hydrogens is 302 g/mol. The first-order valence-electron chi connectivity index (χ1n) is 7.74. The predicted molar refractivity (Wildman–Crippen MR) is 96.5 cm³/mol. The summed E-state index contributed by atoms with van der Waals surface area (Å²) in [4.78, 5) is 16.3. The van der Waals surface area contributed by atoms with Crippen LogP contribution in [0.5, 0.6) is 5.75 Å². The fourth-order valence-corrected chi connectivity index (χ4v) is 2.30. The fourth-order valence-electron chi connectivity index (χ4n) is 2.30. The van der Waals surface area contributed by atoms with Crippen LogP contribution < -0.4 is 16.2 Å². The number of rotatable bonds is 4. The van der Waals surface area contributed by atoms with Gasteiger partial charge in [0.15, 0.2) is 11.7 Å². The Hall–Kier alpha value is -2.82. The van der Waals surface area contributed by atoms with Crippen LogP contribution in [0.25, 0.3) is 0 Å². The van der Waals surface area contributed by atoms with Gasteiger partial charge in [0.25, 0.3) is 0 Å². The maximum Gasteiger partial charge on any atom is 0.343 e. The second kappa shape index (κ2) is 7.17. The number of benzene rings is 2. The number of guanidine groups is 1. The SMILES string of the molecule is CC(C)(C)Cc1ccc(C(=O)Oc2ccccc2N=C(N)N)cc1. The lowest BCUT2D eigenvalue weighted by molar-refractivity contribution is 0.0735. The van der Waals surface area contributed by atoms with Gasteiger partial charge in [0.2, 0.25) is 0 Å². The van der Waals surface area contributed by atoms with Crippen LogP contribution in [0, 0.1) is 5.41 Å². The first-order valence-corrected chi connectivity index (χ1v) is 7.74. The summed E-state index contributed by atoms with van der Waals surface area (Å²) in [6.07, 6.45) is 0.940. The van der Waals surface area contributed by atoms with Crippen LogP contribution in [0.1, 0.15) is 36.7 Å². The highest BCUT2D eigenvalue weighted by molar-refractivity contribution is 5.92. The molecule has 5 nitrogen and oxygen atoms in total. The molecule has 0 spiro atoms. The number of para-hydroxylation sites is 2. The molecule has 0 heterocycles. The number of hydrogen-bond acceptors (Lipinski definition) is 3. The third-order valence-corrected chi connectivity index (χ3v) is 3.24. The Morgan fingerprint density at radius 2 is 1.67 bits per heavy atom. The third-order valence-electron chi connectivity index (χ3n) is 3.24. The normalized spacial score (nSPS) is 11.0. The van der Waals surface area contributed by atoms with Crippen LogP contribution in [0.2, 0.25) is 0 Å². The monoisotopic (exact) mass is 325 g/mol. The maximum absolute atomic E-state index is 12.3. The number of aliphatic imine (C=N–C) groups is 1. The zero-order valence-corrected chi connectivity index (χ0v) is 14.2. The van der Waals surface area contributed by atoms with Gasteiger partial charge in [-0.1, -0.05) is 45.0 Å².